The third kappa shape index (κ3) is 2.70. The second-order valence-corrected chi connectivity index (χ2v) is 7.76. The Morgan fingerprint density at radius 1 is 1.25 bits per heavy atom. The van der Waals surface area contributed by atoms with Crippen LogP contribution in [0, 0.1) is 0 Å². The summed E-state index contributed by atoms with van der Waals surface area (Å²) in [5.41, 5.74) is 3.01. The molecule has 2 aliphatic rings. The predicted molar refractivity (Wildman–Crippen MR) is 93.7 cm³/mol. The molecule has 2 aliphatic heterocycles. The minimum atomic E-state index is -0.452. The highest BCUT2D eigenvalue weighted by atomic mass is 16.6. The van der Waals surface area contributed by atoms with Gasteiger partial charge in [0.25, 0.3) is 0 Å². The molecule has 0 N–H and O–H groups in total. The molecule has 0 aliphatic carbocycles. The fourth-order valence-corrected chi connectivity index (χ4v) is 3.81. The Morgan fingerprint density at radius 2 is 2.08 bits per heavy atom. The first-order chi connectivity index (χ1) is 11.4. The minimum absolute atomic E-state index is 0.147. The van der Waals surface area contributed by atoms with Gasteiger partial charge in [0.15, 0.2) is 0 Å². The van der Waals surface area contributed by atoms with E-state index in [0.29, 0.717) is 0 Å². The lowest BCUT2D eigenvalue weighted by atomic mass is 9.94. The Labute approximate surface area is 142 Å². The van der Waals surface area contributed by atoms with Crippen LogP contribution in [-0.4, -0.2) is 28.7 Å². The van der Waals surface area contributed by atoms with E-state index < -0.39 is 5.60 Å². The van der Waals surface area contributed by atoms with Crippen LogP contribution in [0.3, 0.4) is 0 Å². The molecule has 1 fully saturated rings. The molecule has 2 unspecified atom stereocenters. The van der Waals surface area contributed by atoms with Crippen LogP contribution in [-0.2, 0) is 4.74 Å². The molecule has 126 valence electrons. The maximum Gasteiger partial charge on any atom is 0.411 e. The van der Waals surface area contributed by atoms with Gasteiger partial charge in [-0.3, -0.25) is 4.90 Å². The Bertz CT molecular complexity index is 812. The summed E-state index contributed by atoms with van der Waals surface area (Å²) in [4.78, 5) is 14.5. The van der Waals surface area contributed by atoms with E-state index in [9.17, 15) is 4.79 Å². The van der Waals surface area contributed by atoms with Gasteiger partial charge in [-0.25, -0.2) is 4.79 Å². The highest BCUT2D eigenvalue weighted by Crippen LogP contribution is 2.39. The zero-order valence-corrected chi connectivity index (χ0v) is 14.4. The SMILES string of the molecule is CC(C)(C)OC(=O)N1C2C=C(c3ccc4occc4c3)CC1CC2. The molecule has 2 aromatic rings. The van der Waals surface area contributed by atoms with Crippen molar-refractivity contribution < 1.29 is 13.9 Å². The quantitative estimate of drug-likeness (QED) is 0.742. The van der Waals surface area contributed by atoms with Gasteiger partial charge in [-0.1, -0.05) is 12.1 Å². The third-order valence-electron chi connectivity index (χ3n) is 4.82. The van der Waals surface area contributed by atoms with Crippen LogP contribution in [0.5, 0.6) is 0 Å². The van der Waals surface area contributed by atoms with Crippen LogP contribution in [0.25, 0.3) is 16.5 Å². The van der Waals surface area contributed by atoms with Crippen molar-refractivity contribution >= 4 is 22.6 Å². The molecule has 0 spiro atoms. The van der Waals surface area contributed by atoms with E-state index in [2.05, 4.69) is 18.2 Å². The van der Waals surface area contributed by atoms with E-state index >= 15 is 0 Å². The molecule has 1 amide bonds. The number of fused-ring (bicyclic) bond motifs is 3. The summed E-state index contributed by atoms with van der Waals surface area (Å²) in [7, 11) is 0. The van der Waals surface area contributed by atoms with Gasteiger partial charge in [0.05, 0.1) is 12.3 Å². The molecule has 24 heavy (non-hydrogen) atoms. The van der Waals surface area contributed by atoms with Crippen LogP contribution in [0.2, 0.25) is 0 Å². The van der Waals surface area contributed by atoms with E-state index in [4.69, 9.17) is 9.15 Å². The number of rotatable bonds is 1. The van der Waals surface area contributed by atoms with Gasteiger partial charge in [-0.05, 0) is 69.4 Å². The van der Waals surface area contributed by atoms with Gasteiger partial charge in [0, 0.05) is 11.4 Å². The zero-order chi connectivity index (χ0) is 16.9. The van der Waals surface area contributed by atoms with Crippen LogP contribution in [0.1, 0.15) is 45.6 Å². The minimum Gasteiger partial charge on any atom is -0.464 e. The third-order valence-corrected chi connectivity index (χ3v) is 4.82. The zero-order valence-electron chi connectivity index (χ0n) is 14.4. The molecule has 1 aromatic carbocycles. The summed E-state index contributed by atoms with van der Waals surface area (Å²) in [6.45, 7) is 5.74. The van der Waals surface area contributed by atoms with Crippen molar-refractivity contribution in [3.05, 3.63) is 42.2 Å². The predicted octanol–water partition coefficient (Wildman–Crippen LogP) is 4.99. The van der Waals surface area contributed by atoms with Crippen LogP contribution >= 0.6 is 0 Å². The first-order valence-corrected chi connectivity index (χ1v) is 8.60. The number of hydrogen-bond acceptors (Lipinski definition) is 3. The van der Waals surface area contributed by atoms with Crippen LogP contribution in [0.4, 0.5) is 4.79 Å². The summed E-state index contributed by atoms with van der Waals surface area (Å²) >= 11 is 0. The van der Waals surface area contributed by atoms with Gasteiger partial charge < -0.3 is 9.15 Å². The van der Waals surface area contributed by atoms with Crippen molar-refractivity contribution in [2.24, 2.45) is 0 Å². The maximum atomic E-state index is 12.5. The topological polar surface area (TPSA) is 42.7 Å². The molecule has 4 rings (SSSR count). The monoisotopic (exact) mass is 325 g/mol. The highest BCUT2D eigenvalue weighted by molar-refractivity contribution is 5.83. The molecular weight excluding hydrogens is 302 g/mol. The smallest absolute Gasteiger partial charge is 0.411 e. The first kappa shape index (κ1) is 15.3. The lowest BCUT2D eigenvalue weighted by molar-refractivity contribution is 0.0175. The van der Waals surface area contributed by atoms with Crippen LogP contribution < -0.4 is 0 Å². The Hall–Kier alpha value is -2.23. The molecular formula is C20H23NO3. The maximum absolute atomic E-state index is 12.5. The Kier molecular flexibility index (Phi) is 3.44. The van der Waals surface area contributed by atoms with Crippen molar-refractivity contribution in [2.75, 3.05) is 0 Å². The van der Waals surface area contributed by atoms with Gasteiger partial charge in [-0.15, -0.1) is 0 Å². The van der Waals surface area contributed by atoms with Crippen molar-refractivity contribution in [1.82, 2.24) is 4.90 Å². The number of amides is 1. The van der Waals surface area contributed by atoms with Crippen molar-refractivity contribution in [3.8, 4) is 0 Å². The first-order valence-electron chi connectivity index (χ1n) is 8.60. The molecule has 2 atom stereocenters. The van der Waals surface area contributed by atoms with Gasteiger partial charge in [-0.2, -0.15) is 0 Å². The summed E-state index contributed by atoms with van der Waals surface area (Å²) in [6.07, 6.45) is 6.72. The van der Waals surface area contributed by atoms with Crippen LogP contribution in [0.15, 0.2) is 41.0 Å². The highest BCUT2D eigenvalue weighted by Gasteiger charge is 2.41. The van der Waals surface area contributed by atoms with E-state index in [0.717, 1.165) is 30.2 Å². The van der Waals surface area contributed by atoms with Gasteiger partial charge in [0.2, 0.25) is 0 Å². The summed E-state index contributed by atoms with van der Waals surface area (Å²) in [5.74, 6) is 0. The molecule has 4 heteroatoms. The number of benzene rings is 1. The second kappa shape index (κ2) is 5.40. The summed E-state index contributed by atoms with van der Waals surface area (Å²) in [6, 6.07) is 8.68. The molecule has 2 bridgehead atoms. The molecule has 1 saturated heterocycles. The van der Waals surface area contributed by atoms with Gasteiger partial charge >= 0.3 is 6.09 Å². The number of furan rings is 1. The van der Waals surface area contributed by atoms with Crippen molar-refractivity contribution in [3.63, 3.8) is 0 Å². The largest absolute Gasteiger partial charge is 0.464 e. The molecule has 4 nitrogen and oxygen atoms in total. The fraction of sp³-hybridized carbons (Fsp3) is 0.450. The average molecular weight is 325 g/mol. The molecule has 0 radical (unpaired) electrons. The molecule has 0 saturated carbocycles. The number of ether oxygens (including phenoxy) is 1. The number of carbonyl (C=O) groups is 1. The Balaban J connectivity index is 1.60. The second-order valence-electron chi connectivity index (χ2n) is 7.76. The lowest BCUT2D eigenvalue weighted by Gasteiger charge is -2.35. The van der Waals surface area contributed by atoms with Gasteiger partial charge in [0.1, 0.15) is 11.2 Å². The standard InChI is InChI=1S/C20H23NO3/c1-20(2,3)24-19(22)21-16-5-6-17(21)12-15(11-16)13-4-7-18-14(10-13)8-9-23-18/h4,7-11,16-17H,5-6,12H2,1-3H3. The summed E-state index contributed by atoms with van der Waals surface area (Å²) in [5, 5.41) is 1.12. The number of carbonyl (C=O) groups excluding carboxylic acids is 1. The summed E-state index contributed by atoms with van der Waals surface area (Å²) < 4.78 is 11.0. The van der Waals surface area contributed by atoms with Crippen molar-refractivity contribution in [1.29, 1.82) is 0 Å². The van der Waals surface area contributed by atoms with Crippen molar-refractivity contribution in [2.45, 2.75) is 57.7 Å². The number of nitrogens with zero attached hydrogens (tertiary/aromatic N) is 1. The Morgan fingerprint density at radius 3 is 2.83 bits per heavy atom. The average Bonchev–Trinajstić information content (AvgIpc) is 3.07. The normalized spacial score (nSPS) is 23.5. The fourth-order valence-electron chi connectivity index (χ4n) is 3.81. The lowest BCUT2D eigenvalue weighted by Crippen LogP contribution is -2.45. The molecule has 1 aromatic heterocycles. The van der Waals surface area contributed by atoms with E-state index in [1.54, 1.807) is 6.26 Å². The number of hydrogen-bond donors (Lipinski definition) is 0. The van der Waals surface area contributed by atoms with E-state index in [-0.39, 0.29) is 18.2 Å². The molecule has 3 heterocycles. The van der Waals surface area contributed by atoms with E-state index in [1.165, 1.54) is 11.1 Å². The van der Waals surface area contributed by atoms with E-state index in [1.807, 2.05) is 37.8 Å².